The molecule has 0 radical (unpaired) electrons. The second kappa shape index (κ2) is 12.4. The highest BCUT2D eigenvalue weighted by atomic mass is 32.1. The number of carboxylic acids is 1. The third-order valence-electron chi connectivity index (χ3n) is 7.43. The lowest BCUT2D eigenvalue weighted by Crippen LogP contribution is -2.40. The fourth-order valence-corrected chi connectivity index (χ4v) is 6.53. The maximum atomic E-state index is 14.1. The van der Waals surface area contributed by atoms with Crippen molar-refractivity contribution < 1.29 is 28.9 Å². The lowest BCUT2D eigenvalue weighted by Gasteiger charge is -2.25. The van der Waals surface area contributed by atoms with Crippen LogP contribution in [-0.2, 0) is 9.53 Å². The van der Waals surface area contributed by atoms with E-state index in [-0.39, 0.29) is 23.3 Å². The van der Waals surface area contributed by atoms with Gasteiger partial charge in [0.15, 0.2) is 16.3 Å². The van der Waals surface area contributed by atoms with Crippen molar-refractivity contribution in [2.75, 3.05) is 20.3 Å². The highest BCUT2D eigenvalue weighted by Gasteiger charge is 2.34. The molecule has 228 valence electrons. The molecule has 2 aromatic carbocycles. The number of thiazole rings is 1. The number of benzene rings is 2. The predicted octanol–water partition coefficient (Wildman–Crippen LogP) is 4.31. The number of aryl methyl sites for hydroxylation is 1. The van der Waals surface area contributed by atoms with Crippen LogP contribution in [0.5, 0.6) is 11.5 Å². The first-order chi connectivity index (χ1) is 21.1. The number of allylic oxidation sites excluding steroid dienone is 1. The van der Waals surface area contributed by atoms with E-state index in [1.165, 1.54) is 15.9 Å². The molecule has 0 saturated heterocycles. The fourth-order valence-electron chi connectivity index (χ4n) is 5.49. The maximum Gasteiger partial charge on any atom is 0.338 e. The van der Waals surface area contributed by atoms with Gasteiger partial charge >= 0.3 is 11.9 Å². The number of carbonyl (C=O) groups excluding carboxylic acids is 1. The van der Waals surface area contributed by atoms with Crippen LogP contribution in [0.1, 0.15) is 59.7 Å². The number of carbonyl (C=O) groups is 2. The minimum Gasteiger partial charge on any atom is -0.493 e. The van der Waals surface area contributed by atoms with Crippen molar-refractivity contribution in [3.63, 3.8) is 0 Å². The molecule has 11 heteroatoms. The van der Waals surface area contributed by atoms with Crippen LogP contribution in [0.3, 0.4) is 0 Å². The van der Waals surface area contributed by atoms with E-state index in [2.05, 4.69) is 4.99 Å². The molecule has 10 nitrogen and oxygen atoms in total. The zero-order valence-corrected chi connectivity index (χ0v) is 26.2. The number of hydrogen-bond donors (Lipinski definition) is 1. The first kappa shape index (κ1) is 30.6. The number of carboxylic acid groups (broad SMARTS) is 1. The first-order valence-electron chi connectivity index (χ1n) is 14.1. The summed E-state index contributed by atoms with van der Waals surface area (Å²) in [4.78, 5) is 44.1. The van der Waals surface area contributed by atoms with Gasteiger partial charge in [0, 0.05) is 17.1 Å². The van der Waals surface area contributed by atoms with E-state index in [1.54, 1.807) is 57.4 Å². The molecule has 5 rings (SSSR count). The number of hydrogen-bond acceptors (Lipinski definition) is 8. The van der Waals surface area contributed by atoms with Crippen molar-refractivity contribution in [2.45, 2.75) is 40.7 Å². The van der Waals surface area contributed by atoms with E-state index in [0.717, 1.165) is 17.0 Å². The van der Waals surface area contributed by atoms with Crippen LogP contribution in [0.15, 0.2) is 69.6 Å². The minimum atomic E-state index is -1.01. The highest BCUT2D eigenvalue weighted by Crippen LogP contribution is 2.36. The zero-order valence-electron chi connectivity index (χ0n) is 25.3. The first-order valence-corrected chi connectivity index (χ1v) is 14.9. The Morgan fingerprint density at radius 1 is 1.05 bits per heavy atom. The molecule has 1 atom stereocenters. The van der Waals surface area contributed by atoms with E-state index >= 15 is 0 Å². The van der Waals surface area contributed by atoms with Crippen LogP contribution in [0.25, 0.3) is 11.8 Å². The third kappa shape index (κ3) is 5.46. The van der Waals surface area contributed by atoms with Gasteiger partial charge in [0.1, 0.15) is 0 Å². The third-order valence-corrected chi connectivity index (χ3v) is 8.41. The van der Waals surface area contributed by atoms with Gasteiger partial charge in [-0.05, 0) is 88.2 Å². The predicted molar refractivity (Wildman–Crippen MR) is 167 cm³/mol. The summed E-state index contributed by atoms with van der Waals surface area (Å²) < 4.78 is 20.6. The number of rotatable bonds is 9. The Bertz CT molecular complexity index is 2000. The molecule has 0 fully saturated rings. The second-order valence-electron chi connectivity index (χ2n) is 10.2. The van der Waals surface area contributed by atoms with Gasteiger partial charge in [0.25, 0.3) is 5.56 Å². The monoisotopic (exact) mass is 615 g/mol. The SMILES string of the molecule is CCOC(=O)C1=C(C)N=c2s/c(=C/c3cc(C)n(-c4cccc(C(=O)O)c4)c3C)c(=O)n2C1c1ccc(OC)c(OCC)c1. The molecule has 44 heavy (non-hydrogen) atoms. The molecular formula is C33H33N3O7S. The van der Waals surface area contributed by atoms with Crippen molar-refractivity contribution in [1.82, 2.24) is 9.13 Å². The summed E-state index contributed by atoms with van der Waals surface area (Å²) in [5, 5.41) is 9.47. The number of aromatic carboxylic acids is 1. The van der Waals surface area contributed by atoms with E-state index in [4.69, 9.17) is 14.2 Å². The van der Waals surface area contributed by atoms with Crippen LogP contribution in [0.4, 0.5) is 0 Å². The molecule has 0 saturated carbocycles. The summed E-state index contributed by atoms with van der Waals surface area (Å²) in [6, 6.07) is 13.2. The molecule has 1 aliphatic rings. The molecule has 0 aliphatic carbocycles. The normalized spacial score (nSPS) is 14.7. The van der Waals surface area contributed by atoms with E-state index < -0.39 is 18.0 Å². The van der Waals surface area contributed by atoms with Gasteiger partial charge in [0.2, 0.25) is 0 Å². The summed E-state index contributed by atoms with van der Waals surface area (Å²) in [5.41, 5.74) is 4.49. The van der Waals surface area contributed by atoms with Crippen molar-refractivity contribution in [1.29, 1.82) is 0 Å². The highest BCUT2D eigenvalue weighted by molar-refractivity contribution is 7.07. The molecule has 3 heterocycles. The van der Waals surface area contributed by atoms with Crippen molar-refractivity contribution in [3.05, 3.63) is 108 Å². The molecule has 2 aromatic heterocycles. The quantitative estimate of drug-likeness (QED) is 0.279. The number of nitrogens with zero attached hydrogens (tertiary/aromatic N) is 3. The molecule has 0 amide bonds. The lowest BCUT2D eigenvalue weighted by molar-refractivity contribution is -0.139. The summed E-state index contributed by atoms with van der Waals surface area (Å²) in [6.07, 6.45) is 1.81. The smallest absolute Gasteiger partial charge is 0.338 e. The fraction of sp³-hybridized carbons (Fsp3) is 0.273. The maximum absolute atomic E-state index is 14.1. The van der Waals surface area contributed by atoms with E-state index in [0.29, 0.717) is 44.4 Å². The topological polar surface area (TPSA) is 121 Å². The van der Waals surface area contributed by atoms with Crippen molar-refractivity contribution >= 4 is 29.4 Å². The lowest BCUT2D eigenvalue weighted by atomic mass is 9.95. The number of esters is 1. The number of aromatic nitrogens is 2. The standard InChI is InChI=1S/C33H33N3O7S/c1-7-42-26-16-21(12-13-25(26)41-6)29-28(32(40)43-8-2)19(4)34-33-36(29)30(37)27(44-33)17-23-14-18(3)35(20(23)5)24-11-9-10-22(15-24)31(38)39/h9-17,29H,7-8H2,1-6H3,(H,38,39)/b27-17+. The van der Waals surface area contributed by atoms with E-state index in [9.17, 15) is 19.5 Å². The van der Waals surface area contributed by atoms with Gasteiger partial charge in [-0.15, -0.1) is 0 Å². The largest absolute Gasteiger partial charge is 0.493 e. The Labute approximate surface area is 257 Å². The molecule has 0 spiro atoms. The average molecular weight is 616 g/mol. The van der Waals surface area contributed by atoms with Crippen LogP contribution >= 0.6 is 11.3 Å². The van der Waals surface area contributed by atoms with Crippen molar-refractivity contribution in [2.24, 2.45) is 4.99 Å². The Morgan fingerprint density at radius 3 is 2.50 bits per heavy atom. The summed E-state index contributed by atoms with van der Waals surface area (Å²) in [7, 11) is 1.55. The van der Waals surface area contributed by atoms with Gasteiger partial charge in [0.05, 0.1) is 47.7 Å². The van der Waals surface area contributed by atoms with Gasteiger partial charge in [-0.25, -0.2) is 14.6 Å². The van der Waals surface area contributed by atoms with Crippen LogP contribution < -0.4 is 24.4 Å². The second-order valence-corrected chi connectivity index (χ2v) is 11.2. The summed E-state index contributed by atoms with van der Waals surface area (Å²) in [5.74, 6) is -0.528. The van der Waals surface area contributed by atoms with Crippen molar-refractivity contribution in [3.8, 4) is 17.2 Å². The molecule has 4 aromatic rings. The Hall–Kier alpha value is -4.90. The van der Waals surface area contributed by atoms with Crippen LogP contribution in [-0.4, -0.2) is 46.5 Å². The van der Waals surface area contributed by atoms with Gasteiger partial charge in [-0.2, -0.15) is 0 Å². The Balaban J connectivity index is 1.69. The molecule has 1 N–H and O–H groups in total. The Kier molecular flexibility index (Phi) is 8.59. The van der Waals surface area contributed by atoms with Crippen LogP contribution in [0.2, 0.25) is 0 Å². The Morgan fingerprint density at radius 2 is 1.82 bits per heavy atom. The number of methoxy groups -OCH3 is 1. The zero-order chi connectivity index (χ0) is 31.7. The van der Waals surface area contributed by atoms with Gasteiger partial charge in [-0.1, -0.05) is 23.5 Å². The number of fused-ring (bicyclic) bond motifs is 1. The van der Waals surface area contributed by atoms with Gasteiger partial charge < -0.3 is 23.9 Å². The molecule has 1 aliphatic heterocycles. The molecule has 1 unspecified atom stereocenters. The molecule has 0 bridgehead atoms. The summed E-state index contributed by atoms with van der Waals surface area (Å²) >= 11 is 1.23. The average Bonchev–Trinajstić information content (AvgIpc) is 3.45. The number of ether oxygens (including phenoxy) is 3. The van der Waals surface area contributed by atoms with Gasteiger partial charge in [-0.3, -0.25) is 9.36 Å². The molecular weight excluding hydrogens is 582 g/mol. The van der Waals surface area contributed by atoms with Crippen LogP contribution in [0, 0.1) is 13.8 Å². The van der Waals surface area contributed by atoms with E-state index in [1.807, 2.05) is 43.5 Å². The summed E-state index contributed by atoms with van der Waals surface area (Å²) in [6.45, 7) is 9.75. The minimum absolute atomic E-state index is 0.171.